The maximum Gasteiger partial charge on any atom is 0.335 e. The van der Waals surface area contributed by atoms with E-state index in [4.69, 9.17) is 19.3 Å². The van der Waals surface area contributed by atoms with Crippen molar-refractivity contribution in [3.63, 3.8) is 0 Å². The number of carbonyl (C=O) groups is 1. The predicted octanol–water partition coefficient (Wildman–Crippen LogP) is -0.264. The average Bonchev–Trinajstić information content (AvgIpc) is 2.27. The van der Waals surface area contributed by atoms with Gasteiger partial charge in [-0.05, 0) is 27.7 Å². The Labute approximate surface area is 112 Å². The summed E-state index contributed by atoms with van der Waals surface area (Å²) >= 11 is 0. The van der Waals surface area contributed by atoms with Crippen LogP contribution in [-0.4, -0.2) is 64.2 Å². The Kier molecular flexibility index (Phi) is 5.69. The van der Waals surface area contributed by atoms with Crippen LogP contribution in [0.3, 0.4) is 0 Å². The first kappa shape index (κ1) is 16.3. The normalized spacial score (nSPS) is 35.9. The van der Waals surface area contributed by atoms with Crippen LogP contribution in [0.25, 0.3) is 0 Å². The van der Waals surface area contributed by atoms with Crippen molar-refractivity contribution >= 4 is 5.97 Å². The molecule has 19 heavy (non-hydrogen) atoms. The topological polar surface area (TPSA) is 105 Å². The van der Waals surface area contributed by atoms with Gasteiger partial charge in [-0.1, -0.05) is 0 Å². The summed E-state index contributed by atoms with van der Waals surface area (Å²) in [4.78, 5) is 11.2. The van der Waals surface area contributed by atoms with Crippen molar-refractivity contribution < 1.29 is 34.3 Å². The van der Waals surface area contributed by atoms with Crippen LogP contribution in [0.15, 0.2) is 0 Å². The van der Waals surface area contributed by atoms with E-state index >= 15 is 0 Å². The molecule has 1 saturated heterocycles. The second-order valence-electron chi connectivity index (χ2n) is 5.08. The van der Waals surface area contributed by atoms with Crippen LogP contribution in [0.5, 0.6) is 0 Å². The molecule has 0 aliphatic carbocycles. The molecular weight excluding hydrogens is 256 g/mol. The van der Waals surface area contributed by atoms with Crippen LogP contribution < -0.4 is 0 Å². The molecule has 1 aliphatic heterocycles. The Balaban J connectivity index is 2.87. The zero-order chi connectivity index (χ0) is 14.7. The van der Waals surface area contributed by atoms with E-state index in [9.17, 15) is 15.0 Å². The number of ether oxygens (including phenoxy) is 3. The quantitative estimate of drug-likeness (QED) is 0.636. The number of aliphatic carboxylic acids is 1. The predicted molar refractivity (Wildman–Crippen MR) is 64.5 cm³/mol. The van der Waals surface area contributed by atoms with Gasteiger partial charge < -0.3 is 29.5 Å². The van der Waals surface area contributed by atoms with Crippen molar-refractivity contribution in [1.29, 1.82) is 0 Å². The van der Waals surface area contributed by atoms with Gasteiger partial charge in [0.15, 0.2) is 12.4 Å². The van der Waals surface area contributed by atoms with Gasteiger partial charge in [-0.15, -0.1) is 0 Å². The average molecular weight is 278 g/mol. The number of carboxylic acid groups (broad SMARTS) is 1. The molecule has 0 bridgehead atoms. The third-order valence-corrected chi connectivity index (χ3v) is 2.62. The first-order chi connectivity index (χ1) is 8.73. The van der Waals surface area contributed by atoms with Crippen LogP contribution >= 0.6 is 0 Å². The van der Waals surface area contributed by atoms with E-state index in [0.717, 1.165) is 0 Å². The molecular formula is C12H22O7. The van der Waals surface area contributed by atoms with E-state index < -0.39 is 36.7 Å². The highest BCUT2D eigenvalue weighted by Crippen LogP contribution is 2.26. The second kappa shape index (κ2) is 6.62. The number of aliphatic hydroxyl groups excluding tert-OH is 2. The summed E-state index contributed by atoms with van der Waals surface area (Å²) < 4.78 is 15.8. The summed E-state index contributed by atoms with van der Waals surface area (Å²) in [5, 5.41) is 29.0. The minimum atomic E-state index is -1.39. The summed E-state index contributed by atoms with van der Waals surface area (Å²) in [5.74, 6) is -1.27. The molecule has 0 amide bonds. The molecule has 5 atom stereocenters. The summed E-state index contributed by atoms with van der Waals surface area (Å²) in [6, 6.07) is 0. The number of hydrogen-bond donors (Lipinski definition) is 3. The highest BCUT2D eigenvalue weighted by Gasteiger charge is 2.49. The fraction of sp³-hybridized carbons (Fsp3) is 0.917. The fourth-order valence-corrected chi connectivity index (χ4v) is 1.88. The molecule has 1 rings (SSSR count). The van der Waals surface area contributed by atoms with Crippen LogP contribution in [-0.2, 0) is 19.0 Å². The summed E-state index contributed by atoms with van der Waals surface area (Å²) in [6.07, 6.45) is -7.04. The Hall–Kier alpha value is -0.730. The molecule has 0 aromatic rings. The van der Waals surface area contributed by atoms with Crippen molar-refractivity contribution in [2.75, 3.05) is 0 Å². The van der Waals surface area contributed by atoms with Gasteiger partial charge in [0.2, 0.25) is 0 Å². The Bertz CT molecular complexity index is 304. The molecule has 0 spiro atoms. The van der Waals surface area contributed by atoms with E-state index in [0.29, 0.717) is 0 Å². The van der Waals surface area contributed by atoms with Crippen LogP contribution in [0.4, 0.5) is 0 Å². The highest BCUT2D eigenvalue weighted by molar-refractivity contribution is 5.73. The van der Waals surface area contributed by atoms with Crippen molar-refractivity contribution in [2.45, 2.75) is 70.6 Å². The van der Waals surface area contributed by atoms with Crippen molar-refractivity contribution in [3.8, 4) is 0 Å². The lowest BCUT2D eigenvalue weighted by molar-refractivity contribution is -0.310. The van der Waals surface area contributed by atoms with Gasteiger partial charge in [-0.3, -0.25) is 0 Å². The van der Waals surface area contributed by atoms with Gasteiger partial charge in [-0.25, -0.2) is 4.79 Å². The van der Waals surface area contributed by atoms with Crippen LogP contribution in [0.2, 0.25) is 0 Å². The molecule has 1 fully saturated rings. The molecule has 0 unspecified atom stereocenters. The molecule has 7 heteroatoms. The van der Waals surface area contributed by atoms with Crippen molar-refractivity contribution in [2.24, 2.45) is 0 Å². The molecule has 0 saturated carbocycles. The number of rotatable bonds is 5. The van der Waals surface area contributed by atoms with Gasteiger partial charge in [0, 0.05) is 0 Å². The van der Waals surface area contributed by atoms with Gasteiger partial charge in [0.25, 0.3) is 0 Å². The van der Waals surface area contributed by atoms with Crippen molar-refractivity contribution in [3.05, 3.63) is 0 Å². The molecule has 0 aromatic heterocycles. The van der Waals surface area contributed by atoms with Gasteiger partial charge in [0.05, 0.1) is 12.2 Å². The highest BCUT2D eigenvalue weighted by atomic mass is 16.7. The van der Waals surface area contributed by atoms with E-state index in [2.05, 4.69) is 0 Å². The number of carboxylic acids is 1. The summed E-state index contributed by atoms with van der Waals surface area (Å²) in [5.41, 5.74) is 0. The number of aliphatic hydroxyl groups is 2. The zero-order valence-corrected chi connectivity index (χ0v) is 11.5. The SMILES string of the molecule is CC(C)O[C@@H]1O[C@@H](C(=O)O)[C@@H](OC(C)C)[C@H](O)[C@@H]1O. The zero-order valence-electron chi connectivity index (χ0n) is 11.5. The molecule has 3 N–H and O–H groups in total. The van der Waals surface area contributed by atoms with Crippen LogP contribution in [0, 0.1) is 0 Å². The second-order valence-corrected chi connectivity index (χ2v) is 5.08. The largest absolute Gasteiger partial charge is 0.479 e. The minimum absolute atomic E-state index is 0.274. The molecule has 112 valence electrons. The lowest BCUT2D eigenvalue weighted by atomic mass is 9.98. The Morgan fingerprint density at radius 1 is 1.05 bits per heavy atom. The van der Waals surface area contributed by atoms with E-state index in [1.54, 1.807) is 27.7 Å². The molecule has 0 aromatic carbocycles. The molecule has 1 heterocycles. The molecule has 7 nitrogen and oxygen atoms in total. The Morgan fingerprint density at radius 2 is 1.58 bits per heavy atom. The standard InChI is InChI=1S/C12H22O7/c1-5(2)17-9-7(13)8(14)12(18-6(3)4)19-10(9)11(15)16/h5-10,12-14H,1-4H3,(H,15,16)/t7-,8+,9+,10-,12-/m1/s1. The minimum Gasteiger partial charge on any atom is -0.479 e. The van der Waals surface area contributed by atoms with E-state index in [-0.39, 0.29) is 12.2 Å². The summed E-state index contributed by atoms with van der Waals surface area (Å²) in [6.45, 7) is 6.84. The first-order valence-electron chi connectivity index (χ1n) is 6.29. The summed E-state index contributed by atoms with van der Waals surface area (Å²) in [7, 11) is 0. The first-order valence-corrected chi connectivity index (χ1v) is 6.29. The monoisotopic (exact) mass is 278 g/mol. The lowest BCUT2D eigenvalue weighted by Gasteiger charge is -2.41. The lowest BCUT2D eigenvalue weighted by Crippen LogP contribution is -2.61. The van der Waals surface area contributed by atoms with Crippen molar-refractivity contribution in [1.82, 2.24) is 0 Å². The van der Waals surface area contributed by atoms with E-state index in [1.165, 1.54) is 0 Å². The maximum absolute atomic E-state index is 11.2. The smallest absolute Gasteiger partial charge is 0.335 e. The molecule has 0 radical (unpaired) electrons. The maximum atomic E-state index is 11.2. The van der Waals surface area contributed by atoms with Gasteiger partial charge in [0.1, 0.15) is 18.3 Å². The van der Waals surface area contributed by atoms with E-state index in [1.807, 2.05) is 0 Å². The fourth-order valence-electron chi connectivity index (χ4n) is 1.88. The van der Waals surface area contributed by atoms with Gasteiger partial charge >= 0.3 is 5.97 Å². The Morgan fingerprint density at radius 3 is 2.00 bits per heavy atom. The third kappa shape index (κ3) is 4.12. The molecule has 1 aliphatic rings. The number of hydrogen-bond acceptors (Lipinski definition) is 6. The van der Waals surface area contributed by atoms with Gasteiger partial charge in [-0.2, -0.15) is 0 Å². The van der Waals surface area contributed by atoms with Crippen LogP contribution in [0.1, 0.15) is 27.7 Å². The third-order valence-electron chi connectivity index (χ3n) is 2.62.